The molecule has 0 fully saturated rings. The summed E-state index contributed by atoms with van der Waals surface area (Å²) in [6.07, 6.45) is 1.61. The van der Waals surface area contributed by atoms with Crippen molar-refractivity contribution in [2.24, 2.45) is 0 Å². The standard InChI is InChI=1S/C22H17N3O5/c1-30-17-11-13(7-8-15(17)23)20(27)21-24-18(19-16(26)6-3-9-25(19)21)12-4-2-5-14(10-12)22(28)29/h2-11,26H,23H2,1H3,(H,28,29). The number of methoxy groups -OCH3 is 1. The van der Waals surface area contributed by atoms with Crippen LogP contribution in [0.1, 0.15) is 26.5 Å². The van der Waals surface area contributed by atoms with Crippen molar-refractivity contribution >= 4 is 23.0 Å². The van der Waals surface area contributed by atoms with E-state index in [0.717, 1.165) is 0 Å². The lowest BCUT2D eigenvalue weighted by Gasteiger charge is -2.06. The van der Waals surface area contributed by atoms with E-state index in [0.29, 0.717) is 33.8 Å². The Labute approximate surface area is 170 Å². The Hall–Kier alpha value is -4.33. The second kappa shape index (κ2) is 7.25. The van der Waals surface area contributed by atoms with Crippen LogP contribution in [0.3, 0.4) is 0 Å². The second-order valence-electron chi connectivity index (χ2n) is 6.57. The number of benzene rings is 2. The Bertz CT molecular complexity index is 1310. The Kier molecular flexibility index (Phi) is 4.59. The number of nitrogens with zero attached hydrogens (tertiary/aromatic N) is 2. The Morgan fingerprint density at radius 3 is 2.60 bits per heavy atom. The molecule has 30 heavy (non-hydrogen) atoms. The predicted molar refractivity (Wildman–Crippen MR) is 110 cm³/mol. The van der Waals surface area contributed by atoms with Crippen molar-refractivity contribution in [2.45, 2.75) is 0 Å². The molecule has 4 N–H and O–H groups in total. The highest BCUT2D eigenvalue weighted by Gasteiger charge is 2.23. The molecule has 0 atom stereocenters. The van der Waals surface area contributed by atoms with E-state index in [1.54, 1.807) is 36.5 Å². The van der Waals surface area contributed by atoms with Crippen molar-refractivity contribution in [3.05, 3.63) is 77.7 Å². The number of nitrogen functional groups attached to an aromatic ring is 1. The van der Waals surface area contributed by atoms with Crippen molar-refractivity contribution in [1.82, 2.24) is 9.38 Å². The molecule has 0 unspecified atom stereocenters. The largest absolute Gasteiger partial charge is 0.506 e. The number of pyridine rings is 1. The van der Waals surface area contributed by atoms with Gasteiger partial charge in [0.05, 0.1) is 18.4 Å². The van der Waals surface area contributed by atoms with Gasteiger partial charge in [0.2, 0.25) is 5.78 Å². The quantitative estimate of drug-likeness (QED) is 0.345. The number of carboxylic acids is 1. The Morgan fingerprint density at radius 1 is 1.07 bits per heavy atom. The molecular formula is C22H17N3O5. The van der Waals surface area contributed by atoms with E-state index in [9.17, 15) is 19.8 Å². The number of hydrogen-bond donors (Lipinski definition) is 3. The molecule has 0 aliphatic heterocycles. The normalized spacial score (nSPS) is 10.8. The number of imidazole rings is 1. The summed E-state index contributed by atoms with van der Waals surface area (Å²) in [4.78, 5) is 29.0. The summed E-state index contributed by atoms with van der Waals surface area (Å²) in [6.45, 7) is 0. The first-order chi connectivity index (χ1) is 14.4. The van der Waals surface area contributed by atoms with Crippen molar-refractivity contribution in [1.29, 1.82) is 0 Å². The summed E-state index contributed by atoms with van der Waals surface area (Å²) in [5, 5.41) is 19.7. The number of hydrogen-bond acceptors (Lipinski definition) is 6. The van der Waals surface area contributed by atoms with E-state index in [1.165, 1.54) is 35.8 Å². The fraction of sp³-hybridized carbons (Fsp3) is 0.0455. The van der Waals surface area contributed by atoms with Crippen LogP contribution in [0, 0.1) is 0 Å². The number of anilines is 1. The van der Waals surface area contributed by atoms with E-state index in [4.69, 9.17) is 10.5 Å². The highest BCUT2D eigenvalue weighted by Crippen LogP contribution is 2.32. The topological polar surface area (TPSA) is 127 Å². The van der Waals surface area contributed by atoms with Gasteiger partial charge in [0.1, 0.15) is 22.7 Å². The van der Waals surface area contributed by atoms with Gasteiger partial charge in [-0.25, -0.2) is 9.78 Å². The number of carbonyl (C=O) groups is 2. The number of ether oxygens (including phenoxy) is 1. The molecule has 4 aromatic rings. The second-order valence-corrected chi connectivity index (χ2v) is 6.57. The molecule has 8 nitrogen and oxygen atoms in total. The SMILES string of the molecule is COc1cc(C(=O)c2nc(-c3cccc(C(=O)O)c3)c3c(O)cccn23)ccc1N. The van der Waals surface area contributed by atoms with Crippen LogP contribution in [0.4, 0.5) is 5.69 Å². The first kappa shape index (κ1) is 19.0. The van der Waals surface area contributed by atoms with Gasteiger partial charge in [0, 0.05) is 17.3 Å². The summed E-state index contributed by atoms with van der Waals surface area (Å²) in [6, 6.07) is 13.9. The lowest BCUT2D eigenvalue weighted by molar-refractivity contribution is 0.0696. The number of fused-ring (bicyclic) bond motifs is 1. The van der Waals surface area contributed by atoms with Gasteiger partial charge in [-0.05, 0) is 42.5 Å². The third kappa shape index (κ3) is 3.10. The zero-order chi connectivity index (χ0) is 21.4. The van der Waals surface area contributed by atoms with Crippen LogP contribution < -0.4 is 10.5 Å². The van der Waals surface area contributed by atoms with Gasteiger partial charge >= 0.3 is 5.97 Å². The summed E-state index contributed by atoms with van der Waals surface area (Å²) < 4.78 is 6.66. The fourth-order valence-corrected chi connectivity index (χ4v) is 3.26. The first-order valence-corrected chi connectivity index (χ1v) is 8.92. The zero-order valence-electron chi connectivity index (χ0n) is 15.9. The number of aromatic hydroxyl groups is 1. The molecule has 150 valence electrons. The molecule has 0 spiro atoms. The van der Waals surface area contributed by atoms with Crippen LogP contribution in [-0.4, -0.2) is 38.5 Å². The van der Waals surface area contributed by atoms with Crippen molar-refractivity contribution in [2.75, 3.05) is 12.8 Å². The average molecular weight is 403 g/mol. The van der Waals surface area contributed by atoms with Gasteiger partial charge < -0.3 is 20.7 Å². The number of carbonyl (C=O) groups excluding carboxylic acids is 1. The van der Waals surface area contributed by atoms with Gasteiger partial charge in [-0.15, -0.1) is 0 Å². The highest BCUT2D eigenvalue weighted by molar-refractivity contribution is 6.09. The third-order valence-electron chi connectivity index (χ3n) is 4.72. The Balaban J connectivity index is 1.93. The average Bonchev–Trinajstić information content (AvgIpc) is 3.14. The number of aromatic nitrogens is 2. The van der Waals surface area contributed by atoms with E-state index >= 15 is 0 Å². The summed E-state index contributed by atoms with van der Waals surface area (Å²) in [7, 11) is 1.45. The van der Waals surface area contributed by atoms with Crippen LogP contribution in [0.2, 0.25) is 0 Å². The van der Waals surface area contributed by atoms with Crippen LogP contribution in [-0.2, 0) is 0 Å². The third-order valence-corrected chi connectivity index (χ3v) is 4.72. The molecular weight excluding hydrogens is 386 g/mol. The maximum atomic E-state index is 13.2. The highest BCUT2D eigenvalue weighted by atomic mass is 16.5. The fourth-order valence-electron chi connectivity index (χ4n) is 3.26. The number of carboxylic acid groups (broad SMARTS) is 1. The minimum absolute atomic E-state index is 0.0588. The molecule has 2 heterocycles. The van der Waals surface area contributed by atoms with Crippen molar-refractivity contribution in [3.63, 3.8) is 0 Å². The maximum Gasteiger partial charge on any atom is 0.335 e. The summed E-state index contributed by atoms with van der Waals surface area (Å²) in [5.41, 5.74) is 7.65. The monoisotopic (exact) mass is 403 g/mol. The van der Waals surface area contributed by atoms with Crippen LogP contribution in [0.15, 0.2) is 60.8 Å². The number of rotatable bonds is 5. The van der Waals surface area contributed by atoms with E-state index in [-0.39, 0.29) is 17.1 Å². The maximum absolute atomic E-state index is 13.2. The van der Waals surface area contributed by atoms with E-state index in [2.05, 4.69) is 4.98 Å². The predicted octanol–water partition coefficient (Wildman–Crippen LogP) is 3.23. The van der Waals surface area contributed by atoms with Crippen LogP contribution >= 0.6 is 0 Å². The molecule has 2 aromatic carbocycles. The van der Waals surface area contributed by atoms with Crippen molar-refractivity contribution in [3.8, 4) is 22.8 Å². The van der Waals surface area contributed by atoms with E-state index < -0.39 is 11.8 Å². The molecule has 4 rings (SSSR count). The number of aromatic carboxylic acids is 1. The molecule has 8 heteroatoms. The summed E-state index contributed by atoms with van der Waals surface area (Å²) in [5.74, 6) is -1.17. The molecule has 0 radical (unpaired) electrons. The lowest BCUT2D eigenvalue weighted by Crippen LogP contribution is -2.07. The van der Waals surface area contributed by atoms with Gasteiger partial charge in [-0.3, -0.25) is 9.20 Å². The molecule has 0 saturated heterocycles. The van der Waals surface area contributed by atoms with Crippen molar-refractivity contribution < 1.29 is 24.5 Å². The van der Waals surface area contributed by atoms with Crippen LogP contribution in [0.5, 0.6) is 11.5 Å². The van der Waals surface area contributed by atoms with Crippen LogP contribution in [0.25, 0.3) is 16.8 Å². The molecule has 0 amide bonds. The summed E-state index contributed by atoms with van der Waals surface area (Å²) >= 11 is 0. The Morgan fingerprint density at radius 2 is 1.87 bits per heavy atom. The zero-order valence-corrected chi connectivity index (χ0v) is 15.9. The lowest BCUT2D eigenvalue weighted by atomic mass is 10.1. The van der Waals surface area contributed by atoms with Gasteiger partial charge in [-0.2, -0.15) is 0 Å². The van der Waals surface area contributed by atoms with Gasteiger partial charge in [0.15, 0.2) is 5.82 Å². The molecule has 0 aliphatic carbocycles. The number of nitrogens with two attached hydrogens (primary N) is 1. The van der Waals surface area contributed by atoms with Gasteiger partial charge in [-0.1, -0.05) is 12.1 Å². The molecule has 2 aromatic heterocycles. The molecule has 0 bridgehead atoms. The smallest absolute Gasteiger partial charge is 0.335 e. The minimum atomic E-state index is -1.09. The van der Waals surface area contributed by atoms with E-state index in [1.807, 2.05) is 0 Å². The molecule has 0 saturated carbocycles. The number of ketones is 1. The van der Waals surface area contributed by atoms with Gasteiger partial charge in [0.25, 0.3) is 0 Å². The minimum Gasteiger partial charge on any atom is -0.506 e. The first-order valence-electron chi connectivity index (χ1n) is 8.92. The molecule has 0 aliphatic rings.